The molecule has 10 heteroatoms. The number of benzene rings is 1. The molecular formula is C16H17Cl2N3O5. The fourth-order valence-corrected chi connectivity index (χ4v) is 2.46. The molecule has 0 unspecified atom stereocenters. The molecule has 0 aliphatic rings. The van der Waals surface area contributed by atoms with Crippen LogP contribution in [0.3, 0.4) is 0 Å². The number of aromatic nitrogens is 2. The third-order valence-electron chi connectivity index (χ3n) is 3.45. The maximum absolute atomic E-state index is 12.1. The van der Waals surface area contributed by atoms with Gasteiger partial charge >= 0.3 is 0 Å². The molecule has 0 saturated heterocycles. The highest BCUT2D eigenvalue weighted by Gasteiger charge is 2.14. The van der Waals surface area contributed by atoms with Gasteiger partial charge in [-0.1, -0.05) is 23.2 Å². The number of ether oxygens (including phenoxy) is 3. The number of carbonyl (C=O) groups excluding carboxylic acids is 1. The number of carbonyl (C=O) groups is 1. The summed E-state index contributed by atoms with van der Waals surface area (Å²) in [5, 5.41) is 6.32. The predicted octanol–water partition coefficient (Wildman–Crippen LogP) is 1.89. The summed E-state index contributed by atoms with van der Waals surface area (Å²) in [6.45, 7) is -0.105. The van der Waals surface area contributed by atoms with Crippen molar-refractivity contribution in [1.29, 1.82) is 0 Å². The number of rotatable bonds is 7. The van der Waals surface area contributed by atoms with Crippen molar-refractivity contribution in [1.82, 2.24) is 15.1 Å². The number of nitrogens with zero attached hydrogens (tertiary/aromatic N) is 2. The van der Waals surface area contributed by atoms with Crippen LogP contribution in [0, 0.1) is 0 Å². The average Bonchev–Trinajstić information content (AvgIpc) is 2.65. The van der Waals surface area contributed by atoms with Crippen molar-refractivity contribution in [2.24, 2.45) is 0 Å². The fraction of sp³-hybridized carbons (Fsp3) is 0.312. The lowest BCUT2D eigenvalue weighted by Crippen LogP contribution is -2.33. The first-order chi connectivity index (χ1) is 12.4. The van der Waals surface area contributed by atoms with E-state index in [9.17, 15) is 9.59 Å². The van der Waals surface area contributed by atoms with Crippen LogP contribution >= 0.6 is 23.2 Å². The second-order valence-corrected chi connectivity index (χ2v) is 5.86. The maximum Gasteiger partial charge on any atom is 0.287 e. The van der Waals surface area contributed by atoms with E-state index in [0.717, 1.165) is 10.2 Å². The van der Waals surface area contributed by atoms with Crippen LogP contribution in [0.4, 0.5) is 0 Å². The van der Waals surface area contributed by atoms with Gasteiger partial charge in [-0.2, -0.15) is 5.10 Å². The minimum atomic E-state index is -0.637. The summed E-state index contributed by atoms with van der Waals surface area (Å²) in [4.78, 5) is 24.0. The largest absolute Gasteiger partial charge is 0.493 e. The normalized spacial score (nSPS) is 10.3. The minimum Gasteiger partial charge on any atom is -0.493 e. The summed E-state index contributed by atoms with van der Waals surface area (Å²) in [7, 11) is 4.51. The SMILES string of the molecule is COc1cc(CNC(=O)Cn2ncc(Cl)c(Cl)c2=O)cc(OC)c1OC. The van der Waals surface area contributed by atoms with Crippen LogP contribution in [0.5, 0.6) is 17.2 Å². The summed E-state index contributed by atoms with van der Waals surface area (Å²) < 4.78 is 16.7. The molecule has 1 N–H and O–H groups in total. The van der Waals surface area contributed by atoms with E-state index in [1.807, 2.05) is 0 Å². The van der Waals surface area contributed by atoms with E-state index in [0.29, 0.717) is 17.2 Å². The van der Waals surface area contributed by atoms with Crippen LogP contribution in [0.15, 0.2) is 23.1 Å². The number of hydrogen-bond acceptors (Lipinski definition) is 6. The van der Waals surface area contributed by atoms with Gasteiger partial charge in [-0.3, -0.25) is 9.59 Å². The lowest BCUT2D eigenvalue weighted by atomic mass is 10.1. The standard InChI is InChI=1S/C16H17Cl2N3O5/c1-24-11-4-9(5-12(25-2)15(11)26-3)6-19-13(22)8-21-16(23)14(18)10(17)7-20-21/h4-5,7H,6,8H2,1-3H3,(H,19,22). The van der Waals surface area contributed by atoms with Gasteiger partial charge in [0.15, 0.2) is 11.5 Å². The smallest absolute Gasteiger partial charge is 0.287 e. The molecule has 1 aromatic carbocycles. The fourth-order valence-electron chi connectivity index (χ4n) is 2.19. The van der Waals surface area contributed by atoms with Gasteiger partial charge in [0.05, 0.1) is 32.5 Å². The summed E-state index contributed by atoms with van der Waals surface area (Å²) >= 11 is 11.5. The van der Waals surface area contributed by atoms with E-state index < -0.39 is 11.5 Å². The topological polar surface area (TPSA) is 91.7 Å². The van der Waals surface area contributed by atoms with Gasteiger partial charge in [0.2, 0.25) is 11.7 Å². The molecule has 1 amide bonds. The molecular weight excluding hydrogens is 385 g/mol. The zero-order valence-corrected chi connectivity index (χ0v) is 15.8. The Bertz CT molecular complexity index is 844. The molecule has 2 aromatic rings. The number of nitrogens with one attached hydrogen (secondary N) is 1. The molecule has 1 aromatic heterocycles. The average molecular weight is 402 g/mol. The molecule has 1 heterocycles. The Labute approximate surface area is 159 Å². The second kappa shape index (κ2) is 8.77. The van der Waals surface area contributed by atoms with Crippen LogP contribution in [-0.4, -0.2) is 37.0 Å². The van der Waals surface area contributed by atoms with Gasteiger partial charge in [0, 0.05) is 6.54 Å². The molecule has 2 rings (SSSR count). The Morgan fingerprint density at radius 1 is 1.15 bits per heavy atom. The Hall–Kier alpha value is -2.45. The van der Waals surface area contributed by atoms with E-state index in [2.05, 4.69) is 10.4 Å². The van der Waals surface area contributed by atoms with Gasteiger partial charge in [0.1, 0.15) is 11.6 Å². The third kappa shape index (κ3) is 4.39. The van der Waals surface area contributed by atoms with E-state index in [1.165, 1.54) is 27.5 Å². The first-order valence-electron chi connectivity index (χ1n) is 7.38. The molecule has 26 heavy (non-hydrogen) atoms. The molecule has 8 nitrogen and oxygen atoms in total. The van der Waals surface area contributed by atoms with Crippen LogP contribution in [0.1, 0.15) is 5.56 Å². The Morgan fingerprint density at radius 2 is 1.77 bits per heavy atom. The summed E-state index contributed by atoms with van der Waals surface area (Å²) in [6, 6.07) is 3.43. The van der Waals surface area contributed by atoms with Gasteiger partial charge in [-0.15, -0.1) is 0 Å². The van der Waals surface area contributed by atoms with Gasteiger partial charge in [0.25, 0.3) is 5.56 Å². The zero-order valence-electron chi connectivity index (χ0n) is 14.3. The van der Waals surface area contributed by atoms with Crippen molar-refractivity contribution >= 4 is 29.1 Å². The van der Waals surface area contributed by atoms with Crippen molar-refractivity contribution < 1.29 is 19.0 Å². The van der Waals surface area contributed by atoms with Crippen LogP contribution < -0.4 is 25.1 Å². The number of hydrogen-bond donors (Lipinski definition) is 1. The number of amides is 1. The molecule has 0 aliphatic heterocycles. The molecule has 0 saturated carbocycles. The lowest BCUT2D eigenvalue weighted by Gasteiger charge is -2.14. The van der Waals surface area contributed by atoms with Crippen molar-refractivity contribution in [2.75, 3.05) is 21.3 Å². The minimum absolute atomic E-state index is 0.0331. The first kappa shape index (κ1) is 19.9. The Kier molecular flexibility index (Phi) is 6.70. The monoisotopic (exact) mass is 401 g/mol. The third-order valence-corrected chi connectivity index (χ3v) is 4.20. The highest BCUT2D eigenvalue weighted by atomic mass is 35.5. The second-order valence-electron chi connectivity index (χ2n) is 5.08. The quantitative estimate of drug-likeness (QED) is 0.761. The van der Waals surface area contributed by atoms with E-state index >= 15 is 0 Å². The van der Waals surface area contributed by atoms with Gasteiger partial charge in [-0.25, -0.2) is 4.68 Å². The number of methoxy groups -OCH3 is 3. The molecule has 0 radical (unpaired) electrons. The van der Waals surface area contributed by atoms with Gasteiger partial charge in [-0.05, 0) is 17.7 Å². The molecule has 0 bridgehead atoms. The van der Waals surface area contributed by atoms with Crippen molar-refractivity contribution in [3.63, 3.8) is 0 Å². The van der Waals surface area contributed by atoms with E-state index in [4.69, 9.17) is 37.4 Å². The zero-order chi connectivity index (χ0) is 19.3. The highest BCUT2D eigenvalue weighted by molar-refractivity contribution is 6.41. The number of halogens is 2. The van der Waals surface area contributed by atoms with E-state index in [-0.39, 0.29) is 23.1 Å². The Balaban J connectivity index is 2.10. The van der Waals surface area contributed by atoms with Crippen LogP contribution in [0.2, 0.25) is 10.0 Å². The molecule has 140 valence electrons. The highest BCUT2D eigenvalue weighted by Crippen LogP contribution is 2.38. The van der Waals surface area contributed by atoms with Crippen molar-refractivity contribution in [2.45, 2.75) is 13.1 Å². The lowest BCUT2D eigenvalue weighted by molar-refractivity contribution is -0.122. The van der Waals surface area contributed by atoms with Crippen LogP contribution in [0.25, 0.3) is 0 Å². The summed E-state index contributed by atoms with van der Waals surface area (Å²) in [5.74, 6) is 0.973. The van der Waals surface area contributed by atoms with Gasteiger partial charge < -0.3 is 19.5 Å². The molecule has 0 fully saturated rings. The molecule has 0 aliphatic carbocycles. The van der Waals surface area contributed by atoms with Crippen molar-refractivity contribution in [3.8, 4) is 17.2 Å². The summed E-state index contributed by atoms with van der Waals surface area (Å²) in [5.41, 5.74) is 0.0874. The summed E-state index contributed by atoms with van der Waals surface area (Å²) in [6.07, 6.45) is 1.21. The molecule has 0 spiro atoms. The van der Waals surface area contributed by atoms with E-state index in [1.54, 1.807) is 12.1 Å². The molecule has 0 atom stereocenters. The van der Waals surface area contributed by atoms with Crippen LogP contribution in [-0.2, 0) is 17.9 Å². The predicted molar refractivity (Wildman–Crippen MR) is 96.5 cm³/mol. The maximum atomic E-state index is 12.1. The Morgan fingerprint density at radius 3 is 2.31 bits per heavy atom. The first-order valence-corrected chi connectivity index (χ1v) is 8.13. The van der Waals surface area contributed by atoms with Crippen molar-refractivity contribution in [3.05, 3.63) is 44.3 Å².